The number of hydrogen-bond acceptors (Lipinski definition) is 4. The molecule has 25 heavy (non-hydrogen) atoms. The average molecular weight is 357 g/mol. The molecule has 0 aliphatic carbocycles. The summed E-state index contributed by atoms with van der Waals surface area (Å²) in [5.41, 5.74) is 3.36. The van der Waals surface area contributed by atoms with Gasteiger partial charge < -0.3 is 9.29 Å². The number of pyridine rings is 1. The van der Waals surface area contributed by atoms with E-state index >= 15 is 0 Å². The van der Waals surface area contributed by atoms with Crippen LogP contribution in [0.1, 0.15) is 19.0 Å². The van der Waals surface area contributed by atoms with Crippen LogP contribution in [0.5, 0.6) is 5.75 Å². The normalized spacial score (nSPS) is 12.1. The van der Waals surface area contributed by atoms with Crippen molar-refractivity contribution < 1.29 is 13.5 Å². The highest BCUT2D eigenvalue weighted by Crippen LogP contribution is 2.25. The van der Waals surface area contributed by atoms with Gasteiger partial charge in [0.15, 0.2) is 11.1 Å². The maximum atomic E-state index is 10.9. The Bertz CT molecular complexity index is 845. The van der Waals surface area contributed by atoms with Crippen molar-refractivity contribution in [3.05, 3.63) is 60.8 Å². The van der Waals surface area contributed by atoms with Gasteiger partial charge in [-0.05, 0) is 42.8 Å². The van der Waals surface area contributed by atoms with Gasteiger partial charge in [-0.15, -0.1) is 0 Å². The molecule has 0 bridgehead atoms. The van der Waals surface area contributed by atoms with Crippen LogP contribution in [0, 0.1) is 0 Å². The topological polar surface area (TPSA) is 77.2 Å². The third kappa shape index (κ3) is 4.32. The fourth-order valence-corrected chi connectivity index (χ4v) is 2.85. The van der Waals surface area contributed by atoms with Crippen LogP contribution in [-0.2, 0) is 16.8 Å². The lowest BCUT2D eigenvalue weighted by Gasteiger charge is -2.10. The average Bonchev–Trinajstić information content (AvgIpc) is 3.10. The summed E-state index contributed by atoms with van der Waals surface area (Å²) in [6, 6.07) is 11.5. The second-order valence-corrected chi connectivity index (χ2v) is 6.43. The summed E-state index contributed by atoms with van der Waals surface area (Å²) in [4.78, 5) is 8.47. The predicted octanol–water partition coefficient (Wildman–Crippen LogP) is 3.44. The molecule has 7 heteroatoms. The van der Waals surface area contributed by atoms with Crippen LogP contribution in [0.15, 0.2) is 55.1 Å². The molecule has 0 spiro atoms. The van der Waals surface area contributed by atoms with Crippen LogP contribution in [0.3, 0.4) is 0 Å². The van der Waals surface area contributed by atoms with E-state index in [9.17, 15) is 4.21 Å². The van der Waals surface area contributed by atoms with E-state index in [1.54, 1.807) is 24.8 Å². The van der Waals surface area contributed by atoms with Crippen molar-refractivity contribution in [2.24, 2.45) is 0 Å². The van der Waals surface area contributed by atoms with Gasteiger partial charge in [-0.2, -0.15) is 0 Å². The highest BCUT2D eigenvalue weighted by atomic mass is 32.2. The Morgan fingerprint density at radius 3 is 2.60 bits per heavy atom. The Labute approximate surface area is 148 Å². The molecular weight excluding hydrogens is 338 g/mol. The lowest BCUT2D eigenvalue weighted by Crippen LogP contribution is -2.00. The van der Waals surface area contributed by atoms with E-state index in [-0.39, 0.29) is 5.75 Å². The third-order valence-electron chi connectivity index (χ3n) is 3.62. The number of ether oxygens (including phenoxy) is 1. The van der Waals surface area contributed by atoms with Crippen molar-refractivity contribution in [3.8, 4) is 22.7 Å². The Balaban J connectivity index is 1.84. The lowest BCUT2D eigenvalue weighted by molar-refractivity contribution is 0.317. The zero-order valence-corrected chi connectivity index (χ0v) is 14.6. The molecular formula is C18H19N3O3S. The monoisotopic (exact) mass is 357 g/mol. The third-order valence-corrected chi connectivity index (χ3v) is 4.16. The Morgan fingerprint density at radius 1 is 1.16 bits per heavy atom. The molecule has 0 amide bonds. The number of hydrogen-bond donors (Lipinski definition) is 1. The summed E-state index contributed by atoms with van der Waals surface area (Å²) in [5, 5.41) is 0. The van der Waals surface area contributed by atoms with E-state index in [4.69, 9.17) is 9.29 Å². The van der Waals surface area contributed by atoms with Gasteiger partial charge >= 0.3 is 0 Å². The summed E-state index contributed by atoms with van der Waals surface area (Å²) in [5.74, 6) is 0.871. The molecule has 1 atom stereocenters. The number of imidazole rings is 1. The Kier molecular flexibility index (Phi) is 5.57. The summed E-state index contributed by atoms with van der Waals surface area (Å²) < 4.78 is 27.3. The van der Waals surface area contributed by atoms with Gasteiger partial charge in [0.2, 0.25) is 0 Å². The molecule has 0 aliphatic heterocycles. The summed E-state index contributed by atoms with van der Waals surface area (Å²) in [6.45, 7) is 2.78. The first-order chi connectivity index (χ1) is 12.2. The molecule has 6 nitrogen and oxygen atoms in total. The summed E-state index contributed by atoms with van der Waals surface area (Å²) in [7, 11) is 0. The van der Waals surface area contributed by atoms with Crippen LogP contribution in [0.4, 0.5) is 0 Å². The van der Waals surface area contributed by atoms with Crippen molar-refractivity contribution in [2.45, 2.75) is 19.1 Å². The van der Waals surface area contributed by atoms with Gasteiger partial charge in [-0.1, -0.05) is 6.92 Å². The number of aromatic nitrogens is 3. The van der Waals surface area contributed by atoms with Crippen LogP contribution >= 0.6 is 0 Å². The maximum absolute atomic E-state index is 10.9. The quantitative estimate of drug-likeness (QED) is 0.655. The molecule has 1 aromatic carbocycles. The van der Waals surface area contributed by atoms with Crippen LogP contribution in [-0.4, -0.2) is 29.9 Å². The molecule has 130 valence electrons. The Hall–Kier alpha value is -2.51. The molecule has 0 saturated carbocycles. The molecule has 2 aromatic heterocycles. The highest BCUT2D eigenvalue weighted by Gasteiger charge is 2.08. The smallest absolute Gasteiger partial charge is 0.158 e. The first-order valence-corrected chi connectivity index (χ1v) is 9.23. The minimum Gasteiger partial charge on any atom is -0.494 e. The van der Waals surface area contributed by atoms with Crippen molar-refractivity contribution in [1.29, 1.82) is 0 Å². The number of nitrogens with zero attached hydrogens (tertiary/aromatic N) is 3. The molecule has 0 saturated heterocycles. The molecule has 1 N–H and O–H groups in total. The van der Waals surface area contributed by atoms with Crippen molar-refractivity contribution in [3.63, 3.8) is 0 Å². The predicted molar refractivity (Wildman–Crippen MR) is 97.1 cm³/mol. The van der Waals surface area contributed by atoms with E-state index in [1.165, 1.54) is 0 Å². The minimum absolute atomic E-state index is 0.0241. The molecule has 0 fully saturated rings. The largest absolute Gasteiger partial charge is 0.494 e. The fraction of sp³-hybridized carbons (Fsp3) is 0.222. The van der Waals surface area contributed by atoms with Gasteiger partial charge in [0.25, 0.3) is 0 Å². The summed E-state index contributed by atoms with van der Waals surface area (Å²) >= 11 is -1.89. The molecule has 0 aliphatic rings. The molecule has 1 unspecified atom stereocenters. The lowest BCUT2D eigenvalue weighted by atomic mass is 10.1. The maximum Gasteiger partial charge on any atom is 0.158 e. The van der Waals surface area contributed by atoms with E-state index in [1.807, 2.05) is 34.9 Å². The van der Waals surface area contributed by atoms with Crippen LogP contribution < -0.4 is 4.74 Å². The van der Waals surface area contributed by atoms with E-state index in [0.717, 1.165) is 29.1 Å². The van der Waals surface area contributed by atoms with Gasteiger partial charge in [-0.25, -0.2) is 9.19 Å². The molecule has 3 aromatic rings. The number of benzene rings is 1. The van der Waals surface area contributed by atoms with Crippen molar-refractivity contribution in [2.75, 3.05) is 6.61 Å². The highest BCUT2D eigenvalue weighted by molar-refractivity contribution is 7.78. The second-order valence-electron chi connectivity index (χ2n) is 5.50. The van der Waals surface area contributed by atoms with Gasteiger partial charge in [0, 0.05) is 5.56 Å². The second kappa shape index (κ2) is 8.04. The molecule has 2 heterocycles. The first kappa shape index (κ1) is 17.3. The SMILES string of the molecule is CCCOc1ccc(-c2cncn2-c2ccc(CS(=O)O)nc2)cc1. The van der Waals surface area contributed by atoms with Crippen LogP contribution in [0.25, 0.3) is 16.9 Å². The standard InChI is InChI=1S/C18H19N3O3S/c1-2-9-24-17-7-3-14(4-8-17)18-11-19-13-21(18)16-6-5-15(20-10-16)12-25(22)23/h3-8,10-11,13H,2,9,12H2,1H3,(H,22,23). The van der Waals surface area contributed by atoms with Gasteiger partial charge in [0.1, 0.15) is 5.75 Å². The summed E-state index contributed by atoms with van der Waals surface area (Å²) in [6.07, 6.45) is 6.16. The van der Waals surface area contributed by atoms with Crippen molar-refractivity contribution in [1.82, 2.24) is 14.5 Å². The van der Waals surface area contributed by atoms with Crippen LogP contribution in [0.2, 0.25) is 0 Å². The zero-order chi connectivity index (χ0) is 17.6. The van der Waals surface area contributed by atoms with Gasteiger partial charge in [-0.3, -0.25) is 9.55 Å². The minimum atomic E-state index is -1.89. The number of rotatable bonds is 7. The molecule has 0 radical (unpaired) electrons. The zero-order valence-electron chi connectivity index (χ0n) is 13.8. The Morgan fingerprint density at radius 2 is 1.96 bits per heavy atom. The van der Waals surface area contributed by atoms with E-state index < -0.39 is 11.1 Å². The van der Waals surface area contributed by atoms with E-state index in [0.29, 0.717) is 12.3 Å². The molecule has 3 rings (SSSR count). The first-order valence-electron chi connectivity index (χ1n) is 7.95. The fourth-order valence-electron chi connectivity index (χ4n) is 2.43. The van der Waals surface area contributed by atoms with Gasteiger partial charge in [0.05, 0.1) is 48.2 Å². The van der Waals surface area contributed by atoms with Crippen molar-refractivity contribution >= 4 is 11.1 Å². The van der Waals surface area contributed by atoms with E-state index in [2.05, 4.69) is 16.9 Å².